The van der Waals surface area contributed by atoms with Crippen molar-refractivity contribution in [3.63, 3.8) is 0 Å². The van der Waals surface area contributed by atoms with Gasteiger partial charge in [0.2, 0.25) is 0 Å². The van der Waals surface area contributed by atoms with E-state index in [-0.39, 0.29) is 0 Å². The summed E-state index contributed by atoms with van der Waals surface area (Å²) in [4.78, 5) is 6.49. The molecule has 16 heavy (non-hydrogen) atoms. The van der Waals surface area contributed by atoms with Gasteiger partial charge in [-0.25, -0.2) is 4.98 Å². The van der Waals surface area contributed by atoms with Crippen molar-refractivity contribution in [2.75, 3.05) is 37.4 Å². The molecular formula is C12H19N3O. The van der Waals surface area contributed by atoms with E-state index in [9.17, 15) is 0 Å². The van der Waals surface area contributed by atoms with Gasteiger partial charge in [0.15, 0.2) is 0 Å². The van der Waals surface area contributed by atoms with Gasteiger partial charge < -0.3 is 15.4 Å². The van der Waals surface area contributed by atoms with Crippen LogP contribution in [0, 0.1) is 5.92 Å². The molecule has 2 N–H and O–H groups in total. The van der Waals surface area contributed by atoms with Gasteiger partial charge in [0, 0.05) is 44.8 Å². The van der Waals surface area contributed by atoms with E-state index in [1.807, 2.05) is 12.1 Å². The molecule has 0 aromatic carbocycles. The highest BCUT2D eigenvalue weighted by atomic mass is 16.5. The Morgan fingerprint density at radius 1 is 1.50 bits per heavy atom. The molecule has 2 heterocycles. The minimum Gasteiger partial charge on any atom is -0.399 e. The van der Waals surface area contributed by atoms with E-state index in [0.717, 1.165) is 44.1 Å². The summed E-state index contributed by atoms with van der Waals surface area (Å²) in [5.41, 5.74) is 6.51. The smallest absolute Gasteiger partial charge is 0.130 e. The van der Waals surface area contributed by atoms with Gasteiger partial charge in [0.25, 0.3) is 0 Å². The van der Waals surface area contributed by atoms with Crippen molar-refractivity contribution in [3.05, 3.63) is 18.3 Å². The molecule has 0 unspecified atom stereocenters. The van der Waals surface area contributed by atoms with Gasteiger partial charge in [-0.3, -0.25) is 0 Å². The van der Waals surface area contributed by atoms with E-state index in [2.05, 4.69) is 16.9 Å². The molecule has 2 rings (SSSR count). The third-order valence-corrected chi connectivity index (χ3v) is 3.03. The Balaban J connectivity index is 1.94. The minimum atomic E-state index is 0.710. The lowest BCUT2D eigenvalue weighted by Gasteiger charge is -2.27. The van der Waals surface area contributed by atoms with E-state index < -0.39 is 0 Å². The molecule has 1 aromatic rings. The Hall–Kier alpha value is -1.29. The minimum absolute atomic E-state index is 0.710. The van der Waals surface area contributed by atoms with Crippen LogP contribution in [-0.4, -0.2) is 31.8 Å². The Morgan fingerprint density at radius 2 is 2.25 bits per heavy atom. The predicted octanol–water partition coefficient (Wildman–Crippen LogP) is 1.53. The number of pyridine rings is 1. The average molecular weight is 221 g/mol. The van der Waals surface area contributed by atoms with Gasteiger partial charge >= 0.3 is 0 Å². The van der Waals surface area contributed by atoms with Gasteiger partial charge in [-0.2, -0.15) is 0 Å². The van der Waals surface area contributed by atoms with Crippen LogP contribution in [0.15, 0.2) is 18.3 Å². The third kappa shape index (κ3) is 2.85. The SMILES string of the molecule is CN(CC1CCOCC1)c1cc(N)ccn1. The number of anilines is 2. The van der Waals surface area contributed by atoms with Gasteiger partial charge in [0.05, 0.1) is 0 Å². The zero-order valence-corrected chi connectivity index (χ0v) is 9.72. The van der Waals surface area contributed by atoms with Crippen molar-refractivity contribution in [3.8, 4) is 0 Å². The molecule has 0 amide bonds. The normalized spacial score (nSPS) is 17.3. The molecule has 1 aromatic heterocycles. The Morgan fingerprint density at radius 3 is 2.94 bits per heavy atom. The highest BCUT2D eigenvalue weighted by Gasteiger charge is 2.16. The highest BCUT2D eigenvalue weighted by molar-refractivity contribution is 5.49. The summed E-state index contributed by atoms with van der Waals surface area (Å²) in [5, 5.41) is 0. The van der Waals surface area contributed by atoms with Crippen LogP contribution in [-0.2, 0) is 4.74 Å². The molecule has 0 atom stereocenters. The molecule has 0 aliphatic carbocycles. The van der Waals surface area contributed by atoms with Crippen LogP contribution in [0.25, 0.3) is 0 Å². The van der Waals surface area contributed by atoms with Crippen molar-refractivity contribution in [2.24, 2.45) is 5.92 Å². The fourth-order valence-electron chi connectivity index (χ4n) is 2.05. The summed E-state index contributed by atoms with van der Waals surface area (Å²) in [5.74, 6) is 1.66. The highest BCUT2D eigenvalue weighted by Crippen LogP contribution is 2.19. The zero-order chi connectivity index (χ0) is 11.4. The van der Waals surface area contributed by atoms with E-state index >= 15 is 0 Å². The van der Waals surface area contributed by atoms with E-state index in [0.29, 0.717) is 5.92 Å². The second-order valence-corrected chi connectivity index (χ2v) is 4.38. The van der Waals surface area contributed by atoms with Crippen molar-refractivity contribution in [2.45, 2.75) is 12.8 Å². The fourth-order valence-corrected chi connectivity index (χ4v) is 2.05. The van der Waals surface area contributed by atoms with Gasteiger partial charge in [0.1, 0.15) is 5.82 Å². The van der Waals surface area contributed by atoms with E-state index in [4.69, 9.17) is 10.5 Å². The topological polar surface area (TPSA) is 51.4 Å². The summed E-state index contributed by atoms with van der Waals surface area (Å²) in [6, 6.07) is 3.73. The average Bonchev–Trinajstić information content (AvgIpc) is 2.30. The fraction of sp³-hybridized carbons (Fsp3) is 0.583. The molecule has 0 bridgehead atoms. The van der Waals surface area contributed by atoms with Gasteiger partial charge in [-0.15, -0.1) is 0 Å². The molecule has 0 spiro atoms. The second kappa shape index (κ2) is 5.16. The molecule has 4 nitrogen and oxygen atoms in total. The zero-order valence-electron chi connectivity index (χ0n) is 9.72. The number of aromatic nitrogens is 1. The van der Waals surface area contributed by atoms with Gasteiger partial charge in [-0.1, -0.05) is 0 Å². The van der Waals surface area contributed by atoms with Crippen molar-refractivity contribution >= 4 is 11.5 Å². The van der Waals surface area contributed by atoms with Crippen LogP contribution in [0.3, 0.4) is 0 Å². The second-order valence-electron chi connectivity index (χ2n) is 4.38. The maximum absolute atomic E-state index is 5.74. The first-order valence-electron chi connectivity index (χ1n) is 5.76. The Labute approximate surface area is 96.4 Å². The van der Waals surface area contributed by atoms with Crippen LogP contribution >= 0.6 is 0 Å². The van der Waals surface area contributed by atoms with E-state index in [1.54, 1.807) is 6.20 Å². The standard InChI is InChI=1S/C12H19N3O/c1-15(9-10-3-6-16-7-4-10)12-8-11(13)2-5-14-12/h2,5,8,10H,3-4,6-7,9H2,1H3,(H2,13,14). The molecule has 0 saturated carbocycles. The number of ether oxygens (including phenoxy) is 1. The summed E-state index contributed by atoms with van der Waals surface area (Å²) in [6.45, 7) is 2.81. The van der Waals surface area contributed by atoms with E-state index in [1.165, 1.54) is 0 Å². The number of hydrogen-bond donors (Lipinski definition) is 1. The maximum Gasteiger partial charge on any atom is 0.130 e. The summed E-state index contributed by atoms with van der Waals surface area (Å²) < 4.78 is 5.35. The summed E-state index contributed by atoms with van der Waals surface area (Å²) >= 11 is 0. The first-order valence-corrected chi connectivity index (χ1v) is 5.76. The molecule has 4 heteroatoms. The van der Waals surface area contributed by atoms with Crippen LogP contribution in [0.1, 0.15) is 12.8 Å². The summed E-state index contributed by atoms with van der Waals surface area (Å²) in [6.07, 6.45) is 4.05. The monoisotopic (exact) mass is 221 g/mol. The lowest BCUT2D eigenvalue weighted by molar-refractivity contribution is 0.0685. The molecule has 1 aliphatic rings. The lowest BCUT2D eigenvalue weighted by atomic mass is 10.00. The van der Waals surface area contributed by atoms with Crippen molar-refractivity contribution in [1.29, 1.82) is 0 Å². The molecule has 1 aliphatic heterocycles. The Kier molecular flexibility index (Phi) is 3.62. The number of hydrogen-bond acceptors (Lipinski definition) is 4. The van der Waals surface area contributed by atoms with Crippen LogP contribution < -0.4 is 10.6 Å². The molecule has 1 saturated heterocycles. The largest absolute Gasteiger partial charge is 0.399 e. The third-order valence-electron chi connectivity index (χ3n) is 3.03. The predicted molar refractivity (Wildman–Crippen MR) is 65.5 cm³/mol. The van der Waals surface area contributed by atoms with Crippen LogP contribution in [0.4, 0.5) is 11.5 Å². The quantitative estimate of drug-likeness (QED) is 0.841. The molecular weight excluding hydrogens is 202 g/mol. The summed E-state index contributed by atoms with van der Waals surface area (Å²) in [7, 11) is 2.07. The first-order chi connectivity index (χ1) is 7.75. The number of nitrogen functional groups attached to an aromatic ring is 1. The molecule has 1 fully saturated rings. The van der Waals surface area contributed by atoms with Gasteiger partial charge in [-0.05, 0) is 24.8 Å². The first kappa shape index (κ1) is 11.2. The van der Waals surface area contributed by atoms with Crippen LogP contribution in [0.2, 0.25) is 0 Å². The number of nitrogens with two attached hydrogens (primary N) is 1. The van der Waals surface area contributed by atoms with Crippen molar-refractivity contribution < 1.29 is 4.74 Å². The Bertz CT molecular complexity index is 337. The van der Waals surface area contributed by atoms with Crippen LogP contribution in [0.5, 0.6) is 0 Å². The number of nitrogens with zero attached hydrogens (tertiary/aromatic N) is 2. The maximum atomic E-state index is 5.74. The molecule has 0 radical (unpaired) electrons. The molecule has 88 valence electrons. The number of rotatable bonds is 3. The van der Waals surface area contributed by atoms with Crippen molar-refractivity contribution in [1.82, 2.24) is 4.98 Å². The lowest BCUT2D eigenvalue weighted by Crippen LogP contribution is -2.30.